The largest absolute Gasteiger partial charge is 0.426 e. The maximum atomic E-state index is 12.4. The monoisotopic (exact) mass is 383 g/mol. The minimum absolute atomic E-state index is 0.0616. The molecule has 0 spiro atoms. The zero-order chi connectivity index (χ0) is 19.6. The lowest BCUT2D eigenvalue weighted by Gasteiger charge is -2.07. The molecule has 1 aromatic heterocycles. The third kappa shape index (κ3) is 4.17. The predicted octanol–water partition coefficient (Wildman–Crippen LogP) is 3.39. The Bertz CT molecular complexity index is 1010. The van der Waals surface area contributed by atoms with Gasteiger partial charge in [-0.15, -0.1) is 0 Å². The number of hydrogen-bond donors (Lipinski definition) is 1. The van der Waals surface area contributed by atoms with Crippen LogP contribution in [0.15, 0.2) is 48.5 Å². The molecule has 1 amide bonds. The van der Waals surface area contributed by atoms with E-state index in [1.165, 1.54) is 6.07 Å². The quantitative estimate of drug-likeness (QED) is 0.540. The van der Waals surface area contributed by atoms with Crippen molar-refractivity contribution in [2.75, 3.05) is 0 Å². The number of aryl methyl sites for hydroxylation is 1. The predicted molar refractivity (Wildman–Crippen MR) is 102 cm³/mol. The van der Waals surface area contributed by atoms with E-state index in [1.54, 1.807) is 35.0 Å². The highest BCUT2D eigenvalue weighted by atomic mass is 35.5. The van der Waals surface area contributed by atoms with E-state index in [0.29, 0.717) is 5.02 Å². The van der Waals surface area contributed by atoms with Gasteiger partial charge in [0, 0.05) is 21.8 Å². The summed E-state index contributed by atoms with van der Waals surface area (Å²) in [7, 11) is 0. The van der Waals surface area contributed by atoms with Crippen LogP contribution in [0.5, 0.6) is 5.75 Å². The standard InChI is InChI=1S/C20H18ClN3O3/c1-12-18(13(2)24(23-12)16-8-6-15(21)7-9-16)11-19(25)27-17-5-3-4-14(10-17)20(22)26/h3-10H,11H2,1-2H3,(H2,22,26). The van der Waals surface area contributed by atoms with E-state index in [2.05, 4.69) is 5.10 Å². The van der Waals surface area contributed by atoms with E-state index < -0.39 is 11.9 Å². The van der Waals surface area contributed by atoms with Crippen LogP contribution >= 0.6 is 11.6 Å². The minimum Gasteiger partial charge on any atom is -0.426 e. The number of carbonyl (C=O) groups excluding carboxylic acids is 2. The summed E-state index contributed by atoms with van der Waals surface area (Å²) in [6.45, 7) is 3.74. The topological polar surface area (TPSA) is 87.2 Å². The number of nitrogens with zero attached hydrogens (tertiary/aromatic N) is 2. The highest BCUT2D eigenvalue weighted by Crippen LogP contribution is 2.21. The molecule has 2 aromatic carbocycles. The number of ether oxygens (including phenoxy) is 1. The maximum absolute atomic E-state index is 12.4. The molecule has 1 heterocycles. The molecule has 0 saturated carbocycles. The Balaban J connectivity index is 1.79. The SMILES string of the molecule is Cc1nn(-c2ccc(Cl)cc2)c(C)c1CC(=O)Oc1cccc(C(N)=O)c1. The molecule has 7 heteroatoms. The van der Waals surface area contributed by atoms with Gasteiger partial charge in [0.2, 0.25) is 5.91 Å². The Labute approximate surface area is 161 Å². The van der Waals surface area contributed by atoms with Crippen molar-refractivity contribution in [1.82, 2.24) is 9.78 Å². The number of aromatic nitrogens is 2. The number of hydrogen-bond acceptors (Lipinski definition) is 4. The number of benzene rings is 2. The summed E-state index contributed by atoms with van der Waals surface area (Å²) in [6, 6.07) is 13.5. The van der Waals surface area contributed by atoms with Gasteiger partial charge in [-0.1, -0.05) is 17.7 Å². The summed E-state index contributed by atoms with van der Waals surface area (Å²) in [5.41, 5.74) is 8.76. The van der Waals surface area contributed by atoms with E-state index in [9.17, 15) is 9.59 Å². The van der Waals surface area contributed by atoms with Gasteiger partial charge < -0.3 is 10.5 Å². The number of nitrogens with two attached hydrogens (primary N) is 1. The van der Waals surface area contributed by atoms with E-state index in [1.807, 2.05) is 26.0 Å². The van der Waals surface area contributed by atoms with Gasteiger partial charge in [-0.05, 0) is 56.3 Å². The van der Waals surface area contributed by atoms with Crippen molar-refractivity contribution in [1.29, 1.82) is 0 Å². The fraction of sp³-hybridized carbons (Fsp3) is 0.150. The van der Waals surface area contributed by atoms with Crippen LogP contribution in [0, 0.1) is 13.8 Å². The second kappa shape index (κ2) is 7.63. The first-order valence-corrected chi connectivity index (χ1v) is 8.64. The van der Waals surface area contributed by atoms with E-state index in [4.69, 9.17) is 22.1 Å². The first kappa shape index (κ1) is 18.7. The van der Waals surface area contributed by atoms with Crippen molar-refractivity contribution < 1.29 is 14.3 Å². The molecule has 6 nitrogen and oxygen atoms in total. The van der Waals surface area contributed by atoms with Gasteiger partial charge in [0.25, 0.3) is 0 Å². The van der Waals surface area contributed by atoms with Gasteiger partial charge in [0.05, 0.1) is 17.8 Å². The van der Waals surface area contributed by atoms with Crippen LogP contribution in [0.1, 0.15) is 27.3 Å². The smallest absolute Gasteiger partial charge is 0.315 e. The van der Waals surface area contributed by atoms with Gasteiger partial charge in [-0.25, -0.2) is 4.68 Å². The average molecular weight is 384 g/mol. The van der Waals surface area contributed by atoms with E-state index in [0.717, 1.165) is 22.6 Å². The average Bonchev–Trinajstić information content (AvgIpc) is 2.91. The molecule has 0 aliphatic heterocycles. The number of amides is 1. The van der Waals surface area contributed by atoms with Crippen LogP contribution in [-0.4, -0.2) is 21.7 Å². The van der Waals surface area contributed by atoms with Crippen molar-refractivity contribution in [3.8, 4) is 11.4 Å². The molecule has 0 atom stereocenters. The lowest BCUT2D eigenvalue weighted by molar-refractivity contribution is -0.133. The summed E-state index contributed by atoms with van der Waals surface area (Å²) < 4.78 is 7.11. The van der Waals surface area contributed by atoms with Crippen LogP contribution in [0.25, 0.3) is 5.69 Å². The highest BCUT2D eigenvalue weighted by molar-refractivity contribution is 6.30. The number of rotatable bonds is 5. The number of carbonyl (C=O) groups is 2. The van der Waals surface area contributed by atoms with Crippen molar-refractivity contribution in [3.63, 3.8) is 0 Å². The zero-order valence-electron chi connectivity index (χ0n) is 14.9. The Hall–Kier alpha value is -3.12. The molecule has 0 bridgehead atoms. The molecule has 0 saturated heterocycles. The van der Waals surface area contributed by atoms with Gasteiger partial charge in [-0.2, -0.15) is 5.10 Å². The van der Waals surface area contributed by atoms with Crippen molar-refractivity contribution in [2.45, 2.75) is 20.3 Å². The summed E-state index contributed by atoms with van der Waals surface area (Å²) in [5.74, 6) is -0.751. The number of esters is 1. The number of primary amides is 1. The summed E-state index contributed by atoms with van der Waals surface area (Å²) in [4.78, 5) is 23.6. The van der Waals surface area contributed by atoms with Gasteiger partial charge in [-0.3, -0.25) is 9.59 Å². The fourth-order valence-corrected chi connectivity index (χ4v) is 2.92. The van der Waals surface area contributed by atoms with Gasteiger partial charge in [0.1, 0.15) is 5.75 Å². The molecule has 0 fully saturated rings. The summed E-state index contributed by atoms with van der Waals surface area (Å²) in [6.07, 6.45) is 0.0616. The second-order valence-electron chi connectivity index (χ2n) is 6.08. The molecular weight excluding hydrogens is 366 g/mol. The lowest BCUT2D eigenvalue weighted by atomic mass is 10.1. The van der Waals surface area contributed by atoms with Gasteiger partial charge >= 0.3 is 5.97 Å². The molecule has 138 valence electrons. The van der Waals surface area contributed by atoms with Crippen LogP contribution in [0.2, 0.25) is 5.02 Å². The zero-order valence-corrected chi connectivity index (χ0v) is 15.7. The third-order valence-electron chi connectivity index (χ3n) is 4.18. The normalized spacial score (nSPS) is 10.6. The van der Waals surface area contributed by atoms with Crippen LogP contribution in [0.3, 0.4) is 0 Å². The Morgan fingerprint density at radius 1 is 1.15 bits per heavy atom. The van der Waals surface area contributed by atoms with Crippen molar-refractivity contribution >= 4 is 23.5 Å². The van der Waals surface area contributed by atoms with Crippen molar-refractivity contribution in [2.24, 2.45) is 5.73 Å². The first-order chi connectivity index (χ1) is 12.8. The molecule has 0 unspecified atom stereocenters. The Morgan fingerprint density at radius 2 is 1.85 bits per heavy atom. The summed E-state index contributed by atoms with van der Waals surface area (Å²) in [5, 5.41) is 5.15. The highest BCUT2D eigenvalue weighted by Gasteiger charge is 2.17. The van der Waals surface area contributed by atoms with Gasteiger partial charge in [0.15, 0.2) is 0 Å². The van der Waals surface area contributed by atoms with Crippen LogP contribution in [-0.2, 0) is 11.2 Å². The molecule has 0 aliphatic carbocycles. The molecular formula is C20H18ClN3O3. The molecule has 27 heavy (non-hydrogen) atoms. The molecule has 2 N–H and O–H groups in total. The maximum Gasteiger partial charge on any atom is 0.315 e. The van der Waals surface area contributed by atoms with Crippen molar-refractivity contribution in [3.05, 3.63) is 76.1 Å². The second-order valence-corrected chi connectivity index (χ2v) is 6.52. The third-order valence-corrected chi connectivity index (χ3v) is 4.44. The minimum atomic E-state index is -0.580. The van der Waals surface area contributed by atoms with Crippen LogP contribution < -0.4 is 10.5 Å². The first-order valence-electron chi connectivity index (χ1n) is 8.26. The van der Waals surface area contributed by atoms with Crippen LogP contribution in [0.4, 0.5) is 0 Å². The lowest BCUT2D eigenvalue weighted by Crippen LogP contribution is -2.14. The molecule has 0 aliphatic rings. The van der Waals surface area contributed by atoms with E-state index in [-0.39, 0.29) is 17.7 Å². The molecule has 0 radical (unpaired) electrons. The molecule has 3 aromatic rings. The summed E-state index contributed by atoms with van der Waals surface area (Å²) >= 11 is 5.93. The number of halogens is 1. The fourth-order valence-electron chi connectivity index (χ4n) is 2.79. The Kier molecular flexibility index (Phi) is 5.28. The van der Waals surface area contributed by atoms with E-state index >= 15 is 0 Å². The Morgan fingerprint density at radius 3 is 2.52 bits per heavy atom. The molecule has 3 rings (SSSR count).